The highest BCUT2D eigenvalue weighted by Gasteiger charge is 2.33. The van der Waals surface area contributed by atoms with E-state index in [-0.39, 0.29) is 13.1 Å². The average Bonchev–Trinajstić information content (AvgIpc) is 2.66. The van der Waals surface area contributed by atoms with Gasteiger partial charge in [0.1, 0.15) is 0 Å². The van der Waals surface area contributed by atoms with Gasteiger partial charge in [-0.3, -0.25) is 14.9 Å². The molecule has 0 aromatic heterocycles. The number of benzene rings is 1. The molecule has 1 aliphatic rings. The molecule has 0 atom stereocenters. The Morgan fingerprint density at radius 1 is 1.19 bits per heavy atom. The van der Waals surface area contributed by atoms with Gasteiger partial charge in [0, 0.05) is 39.3 Å². The molecule has 2 N–H and O–H groups in total. The summed E-state index contributed by atoms with van der Waals surface area (Å²) in [5.74, 6) is -0.729. The van der Waals surface area contributed by atoms with Crippen molar-refractivity contribution in [2.24, 2.45) is 0 Å². The standard InChI is InChI=1S/C17H28N4O4S/c1-2-3-9-21(15-17(22)18-23)26(24,25)20-12-10-19(11-13-20)14-16-7-5-4-6-8-16/h4-8,23H,2-3,9-15H2,1H3,(H,18,22). The van der Waals surface area contributed by atoms with Crippen LogP contribution in [-0.2, 0) is 21.5 Å². The van der Waals surface area contributed by atoms with Crippen LogP contribution in [0.5, 0.6) is 0 Å². The van der Waals surface area contributed by atoms with Gasteiger partial charge < -0.3 is 0 Å². The number of hydrogen-bond acceptors (Lipinski definition) is 5. The summed E-state index contributed by atoms with van der Waals surface area (Å²) in [6.45, 7) is 4.70. The fraction of sp³-hybridized carbons (Fsp3) is 0.588. The van der Waals surface area contributed by atoms with Crippen LogP contribution < -0.4 is 5.48 Å². The predicted molar refractivity (Wildman–Crippen MR) is 98.6 cm³/mol. The van der Waals surface area contributed by atoms with Crippen molar-refractivity contribution in [3.05, 3.63) is 35.9 Å². The highest BCUT2D eigenvalue weighted by molar-refractivity contribution is 7.86. The molecule has 1 aromatic rings. The number of hydroxylamine groups is 1. The van der Waals surface area contributed by atoms with Crippen molar-refractivity contribution in [1.29, 1.82) is 0 Å². The number of carbonyl (C=O) groups is 1. The third-order valence-electron chi connectivity index (χ3n) is 4.44. The van der Waals surface area contributed by atoms with Crippen molar-refractivity contribution >= 4 is 16.1 Å². The van der Waals surface area contributed by atoms with Crippen LogP contribution in [0.15, 0.2) is 30.3 Å². The Bertz CT molecular complexity index is 661. The van der Waals surface area contributed by atoms with E-state index in [0.29, 0.717) is 32.6 Å². The molecular weight excluding hydrogens is 356 g/mol. The van der Waals surface area contributed by atoms with Crippen LogP contribution in [-0.4, -0.2) is 72.3 Å². The minimum absolute atomic E-state index is 0.260. The Kier molecular flexibility index (Phi) is 7.98. The van der Waals surface area contributed by atoms with Gasteiger partial charge in [-0.05, 0) is 12.0 Å². The molecule has 1 saturated heterocycles. The van der Waals surface area contributed by atoms with Gasteiger partial charge in [0.25, 0.3) is 16.1 Å². The molecule has 1 fully saturated rings. The minimum atomic E-state index is -3.73. The van der Waals surface area contributed by atoms with Gasteiger partial charge in [-0.2, -0.15) is 17.0 Å². The summed E-state index contributed by atoms with van der Waals surface area (Å²) < 4.78 is 28.3. The van der Waals surface area contributed by atoms with E-state index in [1.54, 1.807) is 0 Å². The van der Waals surface area contributed by atoms with Gasteiger partial charge in [-0.1, -0.05) is 43.7 Å². The van der Waals surface area contributed by atoms with E-state index in [4.69, 9.17) is 5.21 Å². The largest absolute Gasteiger partial charge is 0.296 e. The Hall–Kier alpha value is -1.52. The lowest BCUT2D eigenvalue weighted by Crippen LogP contribution is -2.54. The second-order valence-corrected chi connectivity index (χ2v) is 8.32. The molecule has 1 aromatic carbocycles. The van der Waals surface area contributed by atoms with Crippen molar-refractivity contribution in [3.8, 4) is 0 Å². The maximum atomic E-state index is 12.9. The second kappa shape index (κ2) is 9.98. The molecule has 1 amide bonds. The van der Waals surface area contributed by atoms with Crippen LogP contribution in [0.2, 0.25) is 0 Å². The van der Waals surface area contributed by atoms with Gasteiger partial charge in [0.2, 0.25) is 0 Å². The summed E-state index contributed by atoms with van der Waals surface area (Å²) in [5.41, 5.74) is 2.71. The summed E-state index contributed by atoms with van der Waals surface area (Å²) >= 11 is 0. The third-order valence-corrected chi connectivity index (χ3v) is 6.42. The van der Waals surface area contributed by atoms with Crippen LogP contribution in [0.1, 0.15) is 25.3 Å². The lowest BCUT2D eigenvalue weighted by atomic mass is 10.2. The summed E-state index contributed by atoms with van der Waals surface area (Å²) in [6, 6.07) is 10.1. The molecule has 0 saturated carbocycles. The van der Waals surface area contributed by atoms with Gasteiger partial charge in [-0.15, -0.1) is 0 Å². The molecule has 8 nitrogen and oxygen atoms in total. The van der Waals surface area contributed by atoms with E-state index in [0.717, 1.165) is 17.3 Å². The monoisotopic (exact) mass is 384 g/mol. The van der Waals surface area contributed by atoms with E-state index < -0.39 is 16.1 Å². The fourth-order valence-corrected chi connectivity index (χ4v) is 4.52. The Balaban J connectivity index is 1.96. The van der Waals surface area contributed by atoms with Crippen LogP contribution in [0, 0.1) is 0 Å². The van der Waals surface area contributed by atoms with E-state index in [2.05, 4.69) is 17.0 Å². The lowest BCUT2D eigenvalue weighted by Gasteiger charge is -2.36. The summed E-state index contributed by atoms with van der Waals surface area (Å²) in [6.07, 6.45) is 1.48. The van der Waals surface area contributed by atoms with Crippen molar-refractivity contribution in [1.82, 2.24) is 19.0 Å². The van der Waals surface area contributed by atoms with Gasteiger partial charge in [0.15, 0.2) is 0 Å². The van der Waals surface area contributed by atoms with E-state index in [9.17, 15) is 13.2 Å². The molecule has 9 heteroatoms. The second-order valence-electron chi connectivity index (χ2n) is 6.39. The van der Waals surface area contributed by atoms with Gasteiger partial charge in [-0.25, -0.2) is 5.48 Å². The van der Waals surface area contributed by atoms with E-state index in [1.165, 1.54) is 15.3 Å². The van der Waals surface area contributed by atoms with Crippen molar-refractivity contribution in [3.63, 3.8) is 0 Å². The molecular formula is C17H28N4O4S. The highest BCUT2D eigenvalue weighted by Crippen LogP contribution is 2.15. The lowest BCUT2D eigenvalue weighted by molar-refractivity contribution is -0.129. The molecule has 2 rings (SSSR count). The molecule has 26 heavy (non-hydrogen) atoms. The van der Waals surface area contributed by atoms with Gasteiger partial charge >= 0.3 is 0 Å². The quantitative estimate of drug-likeness (QED) is 0.482. The van der Waals surface area contributed by atoms with Crippen molar-refractivity contribution in [2.75, 3.05) is 39.3 Å². The number of amides is 1. The molecule has 0 bridgehead atoms. The van der Waals surface area contributed by atoms with Gasteiger partial charge in [0.05, 0.1) is 6.54 Å². The number of unbranched alkanes of at least 4 members (excludes halogenated alkanes) is 1. The van der Waals surface area contributed by atoms with Crippen molar-refractivity contribution < 1.29 is 18.4 Å². The SMILES string of the molecule is CCCCN(CC(=O)NO)S(=O)(=O)N1CCN(Cc2ccccc2)CC1. The summed E-state index contributed by atoms with van der Waals surface area (Å²) in [7, 11) is -3.73. The number of carbonyl (C=O) groups excluding carboxylic acids is 1. The van der Waals surface area contributed by atoms with Crippen LogP contribution >= 0.6 is 0 Å². The fourth-order valence-electron chi connectivity index (χ4n) is 2.93. The molecule has 0 spiro atoms. The topological polar surface area (TPSA) is 93.2 Å². The Morgan fingerprint density at radius 2 is 1.85 bits per heavy atom. The third kappa shape index (κ3) is 5.75. The van der Waals surface area contributed by atoms with Crippen LogP contribution in [0.3, 0.4) is 0 Å². The first kappa shape index (κ1) is 20.8. The average molecular weight is 385 g/mol. The maximum Gasteiger partial charge on any atom is 0.282 e. The normalized spacial score (nSPS) is 16.7. The number of nitrogens with one attached hydrogen (secondary N) is 1. The minimum Gasteiger partial charge on any atom is -0.296 e. The number of piperazine rings is 1. The first-order valence-corrected chi connectivity index (χ1v) is 10.3. The van der Waals surface area contributed by atoms with E-state index in [1.807, 2.05) is 25.1 Å². The summed E-state index contributed by atoms with van der Waals surface area (Å²) in [4.78, 5) is 13.7. The Labute approximate surface area is 155 Å². The van der Waals surface area contributed by atoms with E-state index >= 15 is 0 Å². The van der Waals surface area contributed by atoms with Crippen molar-refractivity contribution in [2.45, 2.75) is 26.3 Å². The zero-order valence-electron chi connectivity index (χ0n) is 15.2. The smallest absolute Gasteiger partial charge is 0.282 e. The highest BCUT2D eigenvalue weighted by atomic mass is 32.2. The van der Waals surface area contributed by atoms with Crippen LogP contribution in [0.25, 0.3) is 0 Å². The number of nitrogens with zero attached hydrogens (tertiary/aromatic N) is 3. The molecule has 0 aliphatic carbocycles. The molecule has 0 radical (unpaired) electrons. The number of hydrogen-bond donors (Lipinski definition) is 2. The zero-order chi connectivity index (χ0) is 19.0. The summed E-state index contributed by atoms with van der Waals surface area (Å²) in [5, 5.41) is 8.72. The molecule has 1 heterocycles. The number of rotatable bonds is 9. The molecule has 0 unspecified atom stereocenters. The maximum absolute atomic E-state index is 12.9. The first-order chi connectivity index (χ1) is 12.5. The Morgan fingerprint density at radius 3 is 2.42 bits per heavy atom. The predicted octanol–water partition coefficient (Wildman–Crippen LogP) is 0.657. The zero-order valence-corrected chi connectivity index (χ0v) is 16.0. The van der Waals surface area contributed by atoms with Crippen LogP contribution in [0.4, 0.5) is 0 Å². The molecule has 1 aliphatic heterocycles. The molecule has 146 valence electrons. The first-order valence-electron chi connectivity index (χ1n) is 8.91.